The molecule has 0 spiro atoms. The van der Waals surface area contributed by atoms with Gasteiger partial charge in [-0.3, -0.25) is 15.1 Å². The number of nitro groups is 1. The Hall–Kier alpha value is -2.39. The first kappa shape index (κ1) is 22.3. The first-order valence-electron chi connectivity index (χ1n) is 10.8. The number of aliphatic hydroxyl groups is 1. The molecule has 166 valence electrons. The third kappa shape index (κ3) is 6.06. The van der Waals surface area contributed by atoms with Crippen LogP contribution in [0.3, 0.4) is 0 Å². The Bertz CT molecular complexity index is 713. The number of guanidine groups is 1. The van der Waals surface area contributed by atoms with Crippen molar-refractivity contribution in [3.05, 3.63) is 34.4 Å². The molecule has 2 fully saturated rings. The number of ether oxygens (including phenoxy) is 1. The number of hydrogen-bond acceptors (Lipinski definition) is 6. The van der Waals surface area contributed by atoms with Crippen LogP contribution >= 0.6 is 0 Å². The lowest BCUT2D eigenvalue weighted by Gasteiger charge is -2.47. The highest BCUT2D eigenvalue weighted by molar-refractivity contribution is 5.80. The van der Waals surface area contributed by atoms with Gasteiger partial charge >= 0.3 is 0 Å². The molecule has 2 aliphatic heterocycles. The molecule has 2 saturated heterocycles. The smallest absolute Gasteiger partial charge is 0.269 e. The van der Waals surface area contributed by atoms with Crippen molar-refractivity contribution in [3.63, 3.8) is 0 Å². The van der Waals surface area contributed by atoms with Gasteiger partial charge in [-0.15, -0.1) is 0 Å². The minimum Gasteiger partial charge on any atom is -0.491 e. The van der Waals surface area contributed by atoms with Gasteiger partial charge in [-0.2, -0.15) is 0 Å². The van der Waals surface area contributed by atoms with E-state index in [1.165, 1.54) is 43.5 Å². The number of nitrogens with one attached hydrogen (secondary N) is 2. The summed E-state index contributed by atoms with van der Waals surface area (Å²) < 4.78 is 5.52. The number of benzene rings is 1. The van der Waals surface area contributed by atoms with E-state index in [1.54, 1.807) is 0 Å². The van der Waals surface area contributed by atoms with E-state index in [9.17, 15) is 15.2 Å². The van der Waals surface area contributed by atoms with Gasteiger partial charge in [0.25, 0.3) is 5.69 Å². The molecule has 3 N–H and O–H groups in total. The molecule has 0 aromatic heterocycles. The predicted octanol–water partition coefficient (Wildman–Crippen LogP) is 1.90. The van der Waals surface area contributed by atoms with E-state index < -0.39 is 11.0 Å². The van der Waals surface area contributed by atoms with Gasteiger partial charge in [-0.05, 0) is 51.8 Å². The molecule has 3 rings (SSSR count). The minimum absolute atomic E-state index is 0.00639. The second kappa shape index (κ2) is 10.6. The fraction of sp³-hybridized carbons (Fsp3) is 0.667. The van der Waals surface area contributed by atoms with Crippen LogP contribution in [0.1, 0.15) is 39.0 Å². The topological polar surface area (TPSA) is 112 Å². The van der Waals surface area contributed by atoms with Crippen molar-refractivity contribution in [2.24, 2.45) is 4.99 Å². The van der Waals surface area contributed by atoms with Gasteiger partial charge in [0.2, 0.25) is 0 Å². The summed E-state index contributed by atoms with van der Waals surface area (Å²) in [5, 5.41) is 27.7. The van der Waals surface area contributed by atoms with Crippen molar-refractivity contribution in [3.8, 4) is 5.75 Å². The lowest BCUT2D eigenvalue weighted by molar-refractivity contribution is -0.384. The third-order valence-electron chi connectivity index (χ3n) is 5.97. The van der Waals surface area contributed by atoms with E-state index in [0.29, 0.717) is 23.9 Å². The molecule has 0 aliphatic carbocycles. The number of piperidine rings is 2. The number of non-ortho nitro benzene ring substituents is 1. The van der Waals surface area contributed by atoms with Gasteiger partial charge in [0.1, 0.15) is 18.5 Å². The molecule has 30 heavy (non-hydrogen) atoms. The zero-order chi connectivity index (χ0) is 21.5. The van der Waals surface area contributed by atoms with E-state index >= 15 is 0 Å². The monoisotopic (exact) mass is 419 g/mol. The number of fused-ring (bicyclic) bond motifs is 2. The van der Waals surface area contributed by atoms with Crippen LogP contribution < -0.4 is 15.4 Å². The Morgan fingerprint density at radius 3 is 2.60 bits per heavy atom. The summed E-state index contributed by atoms with van der Waals surface area (Å²) in [4.78, 5) is 17.3. The van der Waals surface area contributed by atoms with Crippen molar-refractivity contribution in [1.29, 1.82) is 0 Å². The van der Waals surface area contributed by atoms with Crippen LogP contribution in [0, 0.1) is 10.1 Å². The highest BCUT2D eigenvalue weighted by atomic mass is 16.6. The van der Waals surface area contributed by atoms with Crippen molar-refractivity contribution < 1.29 is 14.8 Å². The van der Waals surface area contributed by atoms with E-state index in [0.717, 1.165) is 25.3 Å². The molecule has 3 atom stereocenters. The van der Waals surface area contributed by atoms with Gasteiger partial charge in [0.15, 0.2) is 5.96 Å². The molecule has 0 saturated carbocycles. The van der Waals surface area contributed by atoms with Crippen LogP contribution in [0.15, 0.2) is 29.3 Å². The molecule has 9 heteroatoms. The van der Waals surface area contributed by atoms with E-state index in [1.807, 2.05) is 6.92 Å². The molecule has 0 amide bonds. The lowest BCUT2D eigenvalue weighted by Crippen LogP contribution is -2.56. The van der Waals surface area contributed by atoms with Crippen LogP contribution in [0.25, 0.3) is 0 Å². The largest absolute Gasteiger partial charge is 0.491 e. The molecule has 0 radical (unpaired) electrons. The fourth-order valence-electron chi connectivity index (χ4n) is 4.35. The summed E-state index contributed by atoms with van der Waals surface area (Å²) in [6.45, 7) is 3.05. The molecule has 2 heterocycles. The van der Waals surface area contributed by atoms with Gasteiger partial charge in [0.05, 0.1) is 11.5 Å². The Morgan fingerprint density at radius 1 is 1.33 bits per heavy atom. The summed E-state index contributed by atoms with van der Waals surface area (Å²) in [5.74, 6) is 1.20. The number of nitrogens with zero attached hydrogens (tertiary/aromatic N) is 3. The summed E-state index contributed by atoms with van der Waals surface area (Å²) >= 11 is 0. The third-order valence-corrected chi connectivity index (χ3v) is 5.97. The molecule has 2 aliphatic rings. The van der Waals surface area contributed by atoms with Gasteiger partial charge < -0.3 is 25.4 Å². The van der Waals surface area contributed by atoms with Gasteiger partial charge in [-0.25, -0.2) is 0 Å². The summed E-state index contributed by atoms with van der Waals surface area (Å²) in [5.41, 5.74) is 0.00639. The number of rotatable bonds is 8. The highest BCUT2D eigenvalue weighted by Crippen LogP contribution is 2.32. The normalized spacial score (nSPS) is 25.4. The van der Waals surface area contributed by atoms with Crippen LogP contribution in [-0.2, 0) is 0 Å². The van der Waals surface area contributed by atoms with Crippen molar-refractivity contribution in [1.82, 2.24) is 15.5 Å². The zero-order valence-electron chi connectivity index (χ0n) is 17.8. The maximum atomic E-state index is 10.7. The number of hydrogen-bond donors (Lipinski definition) is 3. The first-order valence-corrected chi connectivity index (χ1v) is 10.8. The molecule has 1 aromatic carbocycles. The van der Waals surface area contributed by atoms with Crippen LogP contribution in [0.2, 0.25) is 0 Å². The number of aliphatic imine (C=N–C) groups is 1. The quantitative estimate of drug-likeness (QED) is 0.255. The maximum absolute atomic E-state index is 10.7. The Morgan fingerprint density at radius 2 is 2.00 bits per heavy atom. The summed E-state index contributed by atoms with van der Waals surface area (Å²) in [6, 6.07) is 7.47. The predicted molar refractivity (Wildman–Crippen MR) is 116 cm³/mol. The van der Waals surface area contributed by atoms with Gasteiger partial charge in [0, 0.05) is 36.8 Å². The molecule has 9 nitrogen and oxygen atoms in total. The van der Waals surface area contributed by atoms with Crippen molar-refractivity contribution in [2.75, 3.05) is 26.7 Å². The standard InChI is InChI=1S/C21H33N5O4/c1-3-22-21(24-15-11-17-5-4-6-18(12-15)25(17)2)23-13-19(27)14-30-20-9-7-16(8-10-20)26(28)29/h7-10,15,17-19,27H,3-6,11-14H2,1-2H3,(H2,22,23,24). The van der Waals surface area contributed by atoms with Crippen LogP contribution in [0.5, 0.6) is 5.75 Å². The first-order chi connectivity index (χ1) is 14.5. The Kier molecular flexibility index (Phi) is 7.87. The van der Waals surface area contributed by atoms with Gasteiger partial charge in [-0.1, -0.05) is 6.42 Å². The van der Waals surface area contributed by atoms with Crippen LogP contribution in [-0.4, -0.2) is 71.9 Å². The SMILES string of the molecule is CCNC(=NCC(O)COc1ccc([N+](=O)[O-])cc1)NC1CC2CCCC(C1)N2C. The number of nitro benzene ring substituents is 1. The number of aliphatic hydroxyl groups excluding tert-OH is 1. The van der Waals surface area contributed by atoms with E-state index in [2.05, 4.69) is 27.6 Å². The molecule has 3 unspecified atom stereocenters. The molecular weight excluding hydrogens is 386 g/mol. The minimum atomic E-state index is -0.771. The van der Waals surface area contributed by atoms with Crippen molar-refractivity contribution in [2.45, 2.75) is 63.3 Å². The summed E-state index contributed by atoms with van der Waals surface area (Å²) in [7, 11) is 2.24. The average Bonchev–Trinajstić information content (AvgIpc) is 2.71. The van der Waals surface area contributed by atoms with Crippen molar-refractivity contribution >= 4 is 11.6 Å². The Labute approximate surface area is 177 Å². The Balaban J connectivity index is 1.48. The van der Waals surface area contributed by atoms with E-state index in [4.69, 9.17) is 4.74 Å². The van der Waals surface area contributed by atoms with Crippen LogP contribution in [0.4, 0.5) is 5.69 Å². The summed E-state index contributed by atoms with van der Waals surface area (Å²) in [6.07, 6.45) is 5.30. The zero-order valence-corrected chi connectivity index (χ0v) is 17.8. The molecule has 1 aromatic rings. The molecule has 2 bridgehead atoms. The average molecular weight is 420 g/mol. The highest BCUT2D eigenvalue weighted by Gasteiger charge is 2.36. The fourth-order valence-corrected chi connectivity index (χ4v) is 4.35. The second-order valence-electron chi connectivity index (χ2n) is 8.15. The molecular formula is C21H33N5O4. The lowest BCUT2D eigenvalue weighted by atomic mass is 9.82. The maximum Gasteiger partial charge on any atom is 0.269 e. The van der Waals surface area contributed by atoms with E-state index in [-0.39, 0.29) is 18.8 Å². The second-order valence-corrected chi connectivity index (χ2v) is 8.15.